The van der Waals surface area contributed by atoms with Crippen LogP contribution in [0.25, 0.3) is 0 Å². The third-order valence-electron chi connectivity index (χ3n) is 3.64. The molecule has 8 nitrogen and oxygen atoms in total. The Morgan fingerprint density at radius 2 is 1.71 bits per heavy atom. The molecule has 0 aliphatic carbocycles. The number of thiazole rings is 1. The molecule has 0 spiro atoms. The normalized spacial score (nSPS) is 14.4. The SMILES string of the molecule is CC(C)CCCC(C)c1cnc(NCC(P(=O)(O)O)P(=O)(O)O)s1. The molecular formula is C13H26N2O6P2S. The van der Waals surface area contributed by atoms with E-state index < -0.39 is 27.1 Å². The van der Waals surface area contributed by atoms with Crippen molar-refractivity contribution in [3.8, 4) is 0 Å². The first-order valence-electron chi connectivity index (χ1n) is 7.71. The van der Waals surface area contributed by atoms with E-state index in [1.165, 1.54) is 11.3 Å². The van der Waals surface area contributed by atoms with Gasteiger partial charge in [-0.15, -0.1) is 11.3 Å². The second kappa shape index (κ2) is 8.90. The minimum Gasteiger partial charge on any atom is -0.360 e. The fourth-order valence-electron chi connectivity index (χ4n) is 2.18. The number of hydrogen-bond acceptors (Lipinski definition) is 5. The van der Waals surface area contributed by atoms with Gasteiger partial charge in [0.1, 0.15) is 0 Å². The van der Waals surface area contributed by atoms with E-state index in [0.29, 0.717) is 17.0 Å². The largest absolute Gasteiger partial charge is 0.360 e. The van der Waals surface area contributed by atoms with Crippen LogP contribution in [-0.2, 0) is 9.13 Å². The standard InChI is InChI=1S/C13H26N2O6P2S/c1-9(2)5-4-6-10(3)11-7-14-13(24-11)15-8-12(22(16,17)18)23(19,20)21/h7,9-10,12H,4-6,8H2,1-3H3,(H,14,15)(H2,16,17,18)(H2,19,20,21). The van der Waals surface area contributed by atoms with Gasteiger partial charge in [0.25, 0.3) is 0 Å². The van der Waals surface area contributed by atoms with Crippen molar-refractivity contribution in [3.05, 3.63) is 11.1 Å². The topological polar surface area (TPSA) is 140 Å². The van der Waals surface area contributed by atoms with Gasteiger partial charge in [0.2, 0.25) is 0 Å². The van der Waals surface area contributed by atoms with Gasteiger partial charge in [-0.2, -0.15) is 0 Å². The summed E-state index contributed by atoms with van der Waals surface area (Å²) in [6.45, 7) is 5.91. The van der Waals surface area contributed by atoms with Crippen molar-refractivity contribution in [1.82, 2.24) is 4.98 Å². The molecule has 1 unspecified atom stereocenters. The van der Waals surface area contributed by atoms with E-state index in [9.17, 15) is 9.13 Å². The van der Waals surface area contributed by atoms with Gasteiger partial charge < -0.3 is 24.9 Å². The molecule has 1 rings (SSSR count). The van der Waals surface area contributed by atoms with Crippen molar-refractivity contribution in [2.45, 2.75) is 51.4 Å². The van der Waals surface area contributed by atoms with Crippen LogP contribution in [0.4, 0.5) is 5.13 Å². The summed E-state index contributed by atoms with van der Waals surface area (Å²) in [6, 6.07) is 0. The zero-order valence-electron chi connectivity index (χ0n) is 14.0. The maximum Gasteiger partial charge on any atom is 0.342 e. The van der Waals surface area contributed by atoms with Gasteiger partial charge in [-0.3, -0.25) is 9.13 Å². The zero-order chi connectivity index (χ0) is 18.5. The molecule has 0 saturated carbocycles. The van der Waals surface area contributed by atoms with Gasteiger partial charge in [0.05, 0.1) is 0 Å². The average Bonchev–Trinajstić information content (AvgIpc) is 2.84. The summed E-state index contributed by atoms with van der Waals surface area (Å²) in [5.41, 5.74) is 0. The molecule has 0 amide bonds. The molecule has 0 radical (unpaired) electrons. The van der Waals surface area contributed by atoms with Gasteiger partial charge in [-0.1, -0.05) is 33.6 Å². The van der Waals surface area contributed by atoms with E-state index in [0.717, 1.165) is 24.1 Å². The van der Waals surface area contributed by atoms with Gasteiger partial charge in [-0.05, 0) is 18.3 Å². The van der Waals surface area contributed by atoms with E-state index in [1.54, 1.807) is 6.20 Å². The van der Waals surface area contributed by atoms with Crippen molar-refractivity contribution in [2.75, 3.05) is 11.9 Å². The van der Waals surface area contributed by atoms with E-state index in [-0.39, 0.29) is 0 Å². The third kappa shape index (κ3) is 7.31. The highest BCUT2D eigenvalue weighted by molar-refractivity contribution is 7.70. The van der Waals surface area contributed by atoms with Gasteiger partial charge in [0.15, 0.2) is 10.5 Å². The molecule has 1 heterocycles. The van der Waals surface area contributed by atoms with Gasteiger partial charge in [-0.25, -0.2) is 4.98 Å². The summed E-state index contributed by atoms with van der Waals surface area (Å²) in [6.07, 6.45) is 4.98. The molecule has 5 N–H and O–H groups in total. The van der Waals surface area contributed by atoms with Crippen LogP contribution in [0, 0.1) is 5.92 Å². The highest BCUT2D eigenvalue weighted by Crippen LogP contribution is 2.59. The van der Waals surface area contributed by atoms with Crippen LogP contribution in [-0.4, -0.2) is 36.5 Å². The second-order valence-corrected chi connectivity index (χ2v) is 11.4. The number of hydrogen-bond donors (Lipinski definition) is 5. The maximum atomic E-state index is 11.2. The van der Waals surface area contributed by atoms with Crippen LogP contribution in [0.2, 0.25) is 0 Å². The smallest absolute Gasteiger partial charge is 0.342 e. The lowest BCUT2D eigenvalue weighted by Gasteiger charge is -2.19. The highest BCUT2D eigenvalue weighted by atomic mass is 32.1. The number of nitrogens with one attached hydrogen (secondary N) is 1. The Labute approximate surface area is 146 Å². The van der Waals surface area contributed by atoms with Crippen molar-refractivity contribution < 1.29 is 28.7 Å². The first kappa shape index (κ1) is 21.8. The monoisotopic (exact) mass is 400 g/mol. The zero-order valence-corrected chi connectivity index (χ0v) is 16.6. The first-order valence-corrected chi connectivity index (χ1v) is 11.9. The fourth-order valence-corrected chi connectivity index (χ4v) is 5.32. The fraction of sp³-hybridized carbons (Fsp3) is 0.769. The lowest BCUT2D eigenvalue weighted by Crippen LogP contribution is -2.20. The molecular weight excluding hydrogens is 374 g/mol. The minimum atomic E-state index is -4.92. The molecule has 24 heavy (non-hydrogen) atoms. The molecule has 0 aliphatic rings. The number of aromatic nitrogens is 1. The number of rotatable bonds is 10. The number of nitrogens with zero attached hydrogens (tertiary/aromatic N) is 1. The molecule has 0 aliphatic heterocycles. The minimum absolute atomic E-state index is 0.316. The van der Waals surface area contributed by atoms with E-state index >= 15 is 0 Å². The molecule has 1 atom stereocenters. The second-order valence-electron chi connectivity index (χ2n) is 6.33. The summed E-state index contributed by atoms with van der Waals surface area (Å²) in [4.78, 5) is 41.5. The van der Waals surface area contributed by atoms with E-state index in [4.69, 9.17) is 19.6 Å². The molecule has 0 fully saturated rings. The molecule has 11 heteroatoms. The predicted molar refractivity (Wildman–Crippen MR) is 95.6 cm³/mol. The Balaban J connectivity index is 2.63. The summed E-state index contributed by atoms with van der Waals surface area (Å²) in [5, 5.41) is 0.958. The summed E-state index contributed by atoms with van der Waals surface area (Å²) in [5.74, 6) is 0.976. The summed E-state index contributed by atoms with van der Waals surface area (Å²) >= 11 is 1.33. The predicted octanol–water partition coefficient (Wildman–Crippen LogP) is 3.17. The van der Waals surface area contributed by atoms with Crippen molar-refractivity contribution in [2.24, 2.45) is 5.92 Å². The Morgan fingerprint density at radius 1 is 1.12 bits per heavy atom. The van der Waals surface area contributed by atoms with Crippen LogP contribution in [0.15, 0.2) is 6.20 Å². The Bertz CT molecular complexity index is 589. The first-order chi connectivity index (χ1) is 10.9. The molecule has 140 valence electrons. The van der Waals surface area contributed by atoms with Crippen molar-refractivity contribution in [1.29, 1.82) is 0 Å². The van der Waals surface area contributed by atoms with Crippen LogP contribution >= 0.6 is 26.5 Å². The molecule has 0 aromatic carbocycles. The quantitative estimate of drug-likeness (QED) is 0.377. The third-order valence-corrected chi connectivity index (χ3v) is 8.55. The van der Waals surface area contributed by atoms with Gasteiger partial charge in [0, 0.05) is 17.6 Å². The van der Waals surface area contributed by atoms with E-state index in [2.05, 4.69) is 31.1 Å². The molecule has 1 aromatic heterocycles. The molecule has 0 bridgehead atoms. The van der Waals surface area contributed by atoms with Crippen LogP contribution in [0.1, 0.15) is 50.8 Å². The van der Waals surface area contributed by atoms with Crippen molar-refractivity contribution >= 4 is 31.7 Å². The molecule has 1 aromatic rings. The summed E-state index contributed by atoms with van der Waals surface area (Å²) in [7, 11) is -9.84. The van der Waals surface area contributed by atoms with Crippen LogP contribution < -0.4 is 5.32 Å². The Kier molecular flexibility index (Phi) is 8.07. The van der Waals surface area contributed by atoms with Crippen LogP contribution in [0.5, 0.6) is 0 Å². The average molecular weight is 400 g/mol. The Hall–Kier alpha value is -0.270. The Morgan fingerprint density at radius 3 is 2.21 bits per heavy atom. The maximum absolute atomic E-state index is 11.2. The molecule has 0 saturated heterocycles. The van der Waals surface area contributed by atoms with E-state index in [1.807, 2.05) is 0 Å². The number of anilines is 1. The van der Waals surface area contributed by atoms with Gasteiger partial charge >= 0.3 is 15.2 Å². The lowest BCUT2D eigenvalue weighted by molar-refractivity contribution is 0.340. The van der Waals surface area contributed by atoms with Crippen molar-refractivity contribution in [3.63, 3.8) is 0 Å². The van der Waals surface area contributed by atoms with Crippen LogP contribution in [0.3, 0.4) is 0 Å². The lowest BCUT2D eigenvalue weighted by atomic mass is 9.99. The summed E-state index contributed by atoms with van der Waals surface area (Å²) < 4.78 is 22.5. The highest BCUT2D eigenvalue weighted by Gasteiger charge is 2.43.